The van der Waals surface area contributed by atoms with Crippen molar-refractivity contribution in [1.82, 2.24) is 15.1 Å². The molecule has 0 fully saturated rings. The molecule has 1 aromatic heterocycles. The maximum absolute atomic E-state index is 13.8. The second kappa shape index (κ2) is 5.75. The van der Waals surface area contributed by atoms with Crippen LogP contribution in [0.4, 0.5) is 4.39 Å². The Morgan fingerprint density at radius 2 is 2.15 bits per heavy atom. The fraction of sp³-hybridized carbons (Fsp3) is 0.286. The zero-order valence-corrected chi connectivity index (χ0v) is 13.1. The van der Waals surface area contributed by atoms with Crippen LogP contribution in [0.3, 0.4) is 0 Å². The smallest absolute Gasteiger partial charge is 0.254 e. The Morgan fingerprint density at radius 3 is 2.75 bits per heavy atom. The number of hydrogen-bond donors (Lipinski definition) is 1. The van der Waals surface area contributed by atoms with E-state index in [1.165, 1.54) is 6.07 Å². The number of benzene rings is 1. The average Bonchev–Trinajstić information content (AvgIpc) is 2.64. The van der Waals surface area contributed by atoms with Crippen LogP contribution in [-0.4, -0.2) is 15.7 Å². The summed E-state index contributed by atoms with van der Waals surface area (Å²) in [6, 6.07) is 4.64. The first kappa shape index (κ1) is 14.7. The predicted molar refractivity (Wildman–Crippen MR) is 78.0 cm³/mol. The van der Waals surface area contributed by atoms with Gasteiger partial charge >= 0.3 is 0 Å². The summed E-state index contributed by atoms with van der Waals surface area (Å²) in [6.45, 7) is 4.14. The Hall–Kier alpha value is -1.69. The van der Waals surface area contributed by atoms with Crippen molar-refractivity contribution >= 4 is 21.8 Å². The maximum Gasteiger partial charge on any atom is 0.254 e. The Kier molecular flexibility index (Phi) is 4.23. The highest BCUT2D eigenvalue weighted by Crippen LogP contribution is 2.19. The summed E-state index contributed by atoms with van der Waals surface area (Å²) in [4.78, 5) is 12.0. The molecule has 2 rings (SSSR count). The van der Waals surface area contributed by atoms with Gasteiger partial charge in [0, 0.05) is 24.8 Å². The molecule has 0 unspecified atom stereocenters. The molecule has 0 aliphatic carbocycles. The molecule has 1 N–H and O–H groups in total. The van der Waals surface area contributed by atoms with Gasteiger partial charge in [-0.2, -0.15) is 5.10 Å². The summed E-state index contributed by atoms with van der Waals surface area (Å²) in [5.41, 5.74) is 2.83. The van der Waals surface area contributed by atoms with Crippen LogP contribution in [0.25, 0.3) is 0 Å². The van der Waals surface area contributed by atoms with Gasteiger partial charge in [0.05, 0.1) is 15.7 Å². The lowest BCUT2D eigenvalue weighted by atomic mass is 10.1. The summed E-state index contributed by atoms with van der Waals surface area (Å²) in [6.07, 6.45) is 0. The number of carbonyl (C=O) groups is 1. The molecule has 6 heteroatoms. The lowest BCUT2D eigenvalue weighted by molar-refractivity contribution is 0.0946. The van der Waals surface area contributed by atoms with Gasteiger partial charge in [0.15, 0.2) is 0 Å². The van der Waals surface area contributed by atoms with Gasteiger partial charge in [0.1, 0.15) is 5.82 Å². The number of carbonyl (C=O) groups excluding carboxylic acids is 1. The molecule has 0 radical (unpaired) electrons. The van der Waals surface area contributed by atoms with Crippen LogP contribution in [0.2, 0.25) is 0 Å². The lowest BCUT2D eigenvalue weighted by Crippen LogP contribution is -2.24. The van der Waals surface area contributed by atoms with E-state index in [2.05, 4.69) is 26.3 Å². The van der Waals surface area contributed by atoms with E-state index in [1.54, 1.807) is 16.8 Å². The number of nitrogens with one attached hydrogen (secondary N) is 1. The third-order valence-corrected chi connectivity index (χ3v) is 3.89. The molecule has 1 aromatic carbocycles. The third kappa shape index (κ3) is 2.75. The van der Waals surface area contributed by atoms with Crippen molar-refractivity contribution in [1.29, 1.82) is 0 Å². The molecule has 0 saturated carbocycles. The van der Waals surface area contributed by atoms with Gasteiger partial charge in [-0.25, -0.2) is 4.39 Å². The van der Waals surface area contributed by atoms with Crippen molar-refractivity contribution in [2.75, 3.05) is 0 Å². The topological polar surface area (TPSA) is 46.9 Å². The van der Waals surface area contributed by atoms with E-state index in [9.17, 15) is 9.18 Å². The van der Waals surface area contributed by atoms with Crippen molar-refractivity contribution in [3.8, 4) is 0 Å². The summed E-state index contributed by atoms with van der Waals surface area (Å²) < 4.78 is 15.9. The summed E-state index contributed by atoms with van der Waals surface area (Å²) in [7, 11) is 1.85. The zero-order chi connectivity index (χ0) is 14.9. The Balaban J connectivity index is 2.15. The molecule has 106 valence electrons. The predicted octanol–water partition coefficient (Wildman–Crippen LogP) is 2.87. The molecule has 0 saturated heterocycles. The number of aryl methyl sites for hydroxylation is 2. The van der Waals surface area contributed by atoms with Crippen molar-refractivity contribution in [2.45, 2.75) is 20.4 Å². The maximum atomic E-state index is 13.8. The van der Waals surface area contributed by atoms with E-state index in [-0.39, 0.29) is 10.0 Å². The van der Waals surface area contributed by atoms with Crippen LogP contribution in [0.5, 0.6) is 0 Å². The highest BCUT2D eigenvalue weighted by Gasteiger charge is 2.15. The molecular formula is C14H15BrFN3O. The minimum atomic E-state index is -0.551. The molecular weight excluding hydrogens is 325 g/mol. The van der Waals surface area contributed by atoms with Gasteiger partial charge < -0.3 is 5.32 Å². The molecule has 0 atom stereocenters. The number of nitrogens with zero attached hydrogens (tertiary/aromatic N) is 2. The molecule has 20 heavy (non-hydrogen) atoms. The molecule has 4 nitrogen and oxygen atoms in total. The summed E-state index contributed by atoms with van der Waals surface area (Å²) >= 11 is 3.07. The van der Waals surface area contributed by atoms with Crippen molar-refractivity contribution in [3.63, 3.8) is 0 Å². The van der Waals surface area contributed by atoms with E-state index in [0.29, 0.717) is 6.54 Å². The van der Waals surface area contributed by atoms with Gasteiger partial charge in [-0.05, 0) is 41.9 Å². The molecule has 0 spiro atoms. The van der Waals surface area contributed by atoms with E-state index in [4.69, 9.17) is 0 Å². The second-order valence-electron chi connectivity index (χ2n) is 4.56. The van der Waals surface area contributed by atoms with Gasteiger partial charge in [-0.3, -0.25) is 9.48 Å². The van der Waals surface area contributed by atoms with Gasteiger partial charge in [0.2, 0.25) is 0 Å². The SMILES string of the molecule is Cc1nn(C)c(C)c1CNC(=O)c1cccc(Br)c1F. The van der Waals surface area contributed by atoms with Gasteiger partial charge in [-0.1, -0.05) is 6.07 Å². The van der Waals surface area contributed by atoms with Gasteiger partial charge in [-0.15, -0.1) is 0 Å². The average molecular weight is 340 g/mol. The Bertz CT molecular complexity index is 667. The number of amides is 1. The van der Waals surface area contributed by atoms with Crippen LogP contribution in [0.15, 0.2) is 22.7 Å². The zero-order valence-electron chi connectivity index (χ0n) is 11.5. The molecule has 2 aromatic rings. The standard InChI is InChI=1S/C14H15BrFN3O/c1-8-11(9(2)19(3)18-8)7-17-14(20)10-5-4-6-12(15)13(10)16/h4-6H,7H2,1-3H3,(H,17,20). The normalized spacial score (nSPS) is 10.7. The van der Waals surface area contributed by atoms with Crippen LogP contribution >= 0.6 is 15.9 Å². The Labute approximate surface area is 125 Å². The minimum absolute atomic E-state index is 0.0265. The van der Waals surface area contributed by atoms with Crippen molar-refractivity contribution in [3.05, 3.63) is 51.0 Å². The number of halogens is 2. The van der Waals surface area contributed by atoms with E-state index in [0.717, 1.165) is 17.0 Å². The van der Waals surface area contributed by atoms with Crippen LogP contribution in [-0.2, 0) is 13.6 Å². The highest BCUT2D eigenvalue weighted by molar-refractivity contribution is 9.10. The van der Waals surface area contributed by atoms with Crippen LogP contribution < -0.4 is 5.32 Å². The number of rotatable bonds is 3. The van der Waals surface area contributed by atoms with E-state index < -0.39 is 11.7 Å². The molecule has 0 aliphatic rings. The second-order valence-corrected chi connectivity index (χ2v) is 5.41. The minimum Gasteiger partial charge on any atom is -0.348 e. The number of aromatic nitrogens is 2. The summed E-state index contributed by atoms with van der Waals surface area (Å²) in [5.74, 6) is -0.990. The highest BCUT2D eigenvalue weighted by atomic mass is 79.9. The molecule has 1 amide bonds. The van der Waals surface area contributed by atoms with Crippen molar-refractivity contribution < 1.29 is 9.18 Å². The first-order valence-corrected chi connectivity index (χ1v) is 6.92. The lowest BCUT2D eigenvalue weighted by Gasteiger charge is -2.07. The molecule has 0 aliphatic heterocycles. The molecule has 1 heterocycles. The first-order valence-electron chi connectivity index (χ1n) is 6.13. The van der Waals surface area contributed by atoms with Gasteiger partial charge in [0.25, 0.3) is 5.91 Å². The van der Waals surface area contributed by atoms with E-state index in [1.807, 2.05) is 20.9 Å². The van der Waals surface area contributed by atoms with Crippen LogP contribution in [0.1, 0.15) is 27.3 Å². The van der Waals surface area contributed by atoms with E-state index >= 15 is 0 Å². The quantitative estimate of drug-likeness (QED) is 0.934. The Morgan fingerprint density at radius 1 is 1.45 bits per heavy atom. The largest absolute Gasteiger partial charge is 0.348 e. The third-order valence-electron chi connectivity index (χ3n) is 3.28. The molecule has 0 bridgehead atoms. The summed E-state index contributed by atoms with van der Waals surface area (Å²) in [5, 5.41) is 7.00. The fourth-order valence-corrected chi connectivity index (χ4v) is 2.38. The first-order chi connectivity index (χ1) is 9.41. The monoisotopic (exact) mass is 339 g/mol. The van der Waals surface area contributed by atoms with Crippen molar-refractivity contribution in [2.24, 2.45) is 7.05 Å². The fourth-order valence-electron chi connectivity index (χ4n) is 2.02. The van der Waals surface area contributed by atoms with Crippen LogP contribution in [0, 0.1) is 19.7 Å². The number of hydrogen-bond acceptors (Lipinski definition) is 2.